The number of aliphatic hydroxyl groups is 1. The second-order valence-corrected chi connectivity index (χ2v) is 30.9. The van der Waals surface area contributed by atoms with Gasteiger partial charge in [-0.1, -0.05) is 224 Å². The minimum Gasteiger partial charge on any atom is -0.512 e. The van der Waals surface area contributed by atoms with Crippen LogP contribution in [0.2, 0.25) is 0 Å². The molecule has 8 aromatic carbocycles. The van der Waals surface area contributed by atoms with Gasteiger partial charge in [0, 0.05) is 61.3 Å². The Labute approximate surface area is 547 Å². The zero-order valence-corrected chi connectivity index (χ0v) is 59.4. The Balaban J connectivity index is 0.000000168. The van der Waals surface area contributed by atoms with Crippen molar-refractivity contribution < 1.29 is 30.0 Å². The van der Waals surface area contributed by atoms with Crippen LogP contribution in [0, 0.1) is 52.0 Å². The third-order valence-electron chi connectivity index (χ3n) is 19.1. The minimum absolute atomic E-state index is 0. The molecule has 10 aromatic rings. The average molecular weight is 1360 g/mol. The summed E-state index contributed by atoms with van der Waals surface area (Å²) in [5.41, 5.74) is 18.0. The normalized spacial score (nSPS) is 13.3. The van der Waals surface area contributed by atoms with Crippen molar-refractivity contribution in [3.8, 4) is 22.5 Å². The van der Waals surface area contributed by atoms with Gasteiger partial charge < -0.3 is 5.11 Å². The van der Waals surface area contributed by atoms with Gasteiger partial charge in [-0.15, -0.1) is 57.3 Å². The van der Waals surface area contributed by atoms with Gasteiger partial charge in [0.2, 0.25) is 0 Å². The molecule has 0 unspecified atom stereocenters. The standard InChI is InChI=1S/C35H36N.C34H34N.C15H28O2.Ir/c1-21-11-12-25-23(15-21)16-30-29(31(25)20-35(5,6)7)18-24-17-28-22(19-34(2,3)4)9-8-10-26(28)27-13-14-36-33(30)32(24)27;1-33(2,3)19-22-11-9-13-25-26-14-15-35-32-29-16-21-10-7-8-12-24(21)30(20-34(4,5)6)28(29)18-23(31(26)32)17-27(22)25;1-6-12(7-2)13(16)11-14(17)15(8-3,9-4)10-5;/h8-15,17H,18-20H2,1-7H3;7-15,17H,18-20H2,1-6H3;11-12,17H,6-10H2,1-5H3;/q2*-1;;/b;;14-11-;. The molecule has 0 atom stereocenters. The Morgan fingerprint density at radius 2 is 0.933 bits per heavy atom. The molecule has 5 heteroatoms. The van der Waals surface area contributed by atoms with Crippen molar-refractivity contribution in [1.29, 1.82) is 0 Å². The summed E-state index contributed by atoms with van der Waals surface area (Å²) in [6.45, 7) is 40.4. The van der Waals surface area contributed by atoms with E-state index in [1.165, 1.54) is 132 Å². The quantitative estimate of drug-likeness (QED) is 0.0573. The number of pyridine rings is 2. The van der Waals surface area contributed by atoms with Gasteiger partial charge in [0.1, 0.15) is 5.76 Å². The summed E-state index contributed by atoms with van der Waals surface area (Å²) in [5.74, 6) is 0.412. The van der Waals surface area contributed by atoms with Crippen molar-refractivity contribution in [2.75, 3.05) is 0 Å². The fraction of sp³-hybridized carbons (Fsp3) is 0.417. The number of aliphatic hydroxyl groups excluding tert-OH is 1. The van der Waals surface area contributed by atoms with Crippen molar-refractivity contribution in [2.24, 2.45) is 33.0 Å². The molecule has 0 saturated heterocycles. The number of carbonyl (C=O) groups excluding carboxylic acids is 1. The number of rotatable bonds is 12. The molecule has 0 bridgehead atoms. The molecule has 12 rings (SSSR count). The molecule has 2 aliphatic rings. The van der Waals surface area contributed by atoms with Gasteiger partial charge >= 0.3 is 0 Å². The molecule has 4 nitrogen and oxygen atoms in total. The number of fused-ring (bicyclic) bond motifs is 10. The molecule has 89 heavy (non-hydrogen) atoms. The molecule has 1 N–H and O–H groups in total. The number of nitrogens with zero attached hydrogens (tertiary/aromatic N) is 2. The molecule has 0 fully saturated rings. The van der Waals surface area contributed by atoms with Crippen LogP contribution < -0.4 is 0 Å². The van der Waals surface area contributed by atoms with Crippen molar-refractivity contribution in [3.63, 3.8) is 0 Å². The van der Waals surface area contributed by atoms with Crippen LogP contribution in [0.4, 0.5) is 0 Å². The molecule has 467 valence electrons. The number of benzene rings is 8. The number of hydrogen-bond donors (Lipinski definition) is 1. The van der Waals surface area contributed by atoms with Gasteiger partial charge in [-0.05, 0) is 177 Å². The summed E-state index contributed by atoms with van der Waals surface area (Å²) < 4.78 is 0. The average Bonchev–Trinajstić information content (AvgIpc) is 0.777. The predicted molar refractivity (Wildman–Crippen MR) is 378 cm³/mol. The summed E-state index contributed by atoms with van der Waals surface area (Å²) >= 11 is 0. The van der Waals surface area contributed by atoms with E-state index in [1.54, 1.807) is 0 Å². The largest absolute Gasteiger partial charge is 0.512 e. The first-order chi connectivity index (χ1) is 41.6. The summed E-state index contributed by atoms with van der Waals surface area (Å²) in [5, 5.41) is 26.1. The molecule has 0 spiro atoms. The fourth-order valence-corrected chi connectivity index (χ4v) is 14.6. The van der Waals surface area contributed by atoms with Gasteiger partial charge in [-0.2, -0.15) is 0 Å². The Morgan fingerprint density at radius 3 is 1.37 bits per heavy atom. The zero-order valence-electron chi connectivity index (χ0n) is 57.0. The Morgan fingerprint density at radius 1 is 0.506 bits per heavy atom. The van der Waals surface area contributed by atoms with E-state index in [0.717, 1.165) is 82.0 Å². The maximum Gasteiger partial charge on any atom is 0.162 e. The Bertz CT molecular complexity index is 4320. The van der Waals surface area contributed by atoms with E-state index >= 15 is 0 Å². The monoisotopic (exact) mass is 1360 g/mol. The van der Waals surface area contributed by atoms with Gasteiger partial charge in [-0.3, -0.25) is 14.8 Å². The number of ketones is 1. The van der Waals surface area contributed by atoms with Crippen LogP contribution in [-0.4, -0.2) is 20.9 Å². The SMILES string of the molecule is CC(C)(C)Cc1c2c([c-]c3ccccc13)-c1nccc3c1c(cc1c(CC(C)(C)C)cccc13)C2.CCC(CC)C(=O)/C=C(\O)C(CC)(CC)CC.Cc1ccc2c(CC(C)(C)C)c3c([c-]c2c1)-c1nccc2c1c(cc1c(CC(C)(C)C)cccc12)C3.[Ir]. The molecule has 0 aliphatic heterocycles. The zero-order chi connectivity index (χ0) is 63.4. The second kappa shape index (κ2) is 26.0. The molecule has 2 heterocycles. The van der Waals surface area contributed by atoms with Crippen LogP contribution in [0.15, 0.2) is 127 Å². The second-order valence-electron chi connectivity index (χ2n) is 30.9. The topological polar surface area (TPSA) is 63.1 Å². The predicted octanol–water partition coefficient (Wildman–Crippen LogP) is 23.1. The van der Waals surface area contributed by atoms with Crippen molar-refractivity contribution in [1.82, 2.24) is 9.97 Å². The van der Waals surface area contributed by atoms with Crippen molar-refractivity contribution in [3.05, 3.63) is 190 Å². The number of hydrogen-bond acceptors (Lipinski definition) is 4. The molecule has 0 saturated carbocycles. The first-order valence-corrected chi connectivity index (χ1v) is 33.1. The first kappa shape index (κ1) is 66.9. The van der Waals surface area contributed by atoms with Crippen molar-refractivity contribution in [2.45, 2.75) is 195 Å². The van der Waals surface area contributed by atoms with E-state index in [9.17, 15) is 9.90 Å². The summed E-state index contributed by atoms with van der Waals surface area (Å²) in [4.78, 5) is 22.0. The number of aryl methyl sites for hydroxylation is 1. The fourth-order valence-electron chi connectivity index (χ4n) is 14.6. The van der Waals surface area contributed by atoms with Gasteiger partial charge in [-0.25, -0.2) is 0 Å². The van der Waals surface area contributed by atoms with E-state index in [4.69, 9.17) is 9.97 Å². The van der Waals surface area contributed by atoms with Crippen molar-refractivity contribution >= 4 is 70.4 Å². The Hall–Kier alpha value is -6.52. The van der Waals surface area contributed by atoms with Gasteiger partial charge in [0.25, 0.3) is 0 Å². The van der Waals surface area contributed by atoms with Crippen LogP contribution in [0.5, 0.6) is 0 Å². The molecule has 2 aliphatic carbocycles. The number of aromatic nitrogens is 2. The van der Waals surface area contributed by atoms with E-state index in [2.05, 4.69) is 226 Å². The number of allylic oxidation sites excluding steroid dienone is 2. The molecule has 0 amide bonds. The smallest absolute Gasteiger partial charge is 0.162 e. The van der Waals surface area contributed by atoms with Crippen LogP contribution in [0.1, 0.15) is 200 Å². The van der Waals surface area contributed by atoms with Crippen LogP contribution in [-0.2, 0) is 63.4 Å². The molecular formula is C84H98IrN2O2-2. The molecular weight excluding hydrogens is 1260 g/mol. The van der Waals surface area contributed by atoms with Gasteiger partial charge in [0.05, 0.1) is 0 Å². The Kier molecular flexibility index (Phi) is 19.5. The van der Waals surface area contributed by atoms with E-state index < -0.39 is 0 Å². The molecule has 1 radical (unpaired) electrons. The summed E-state index contributed by atoms with van der Waals surface area (Å²) in [6, 6.07) is 46.3. The van der Waals surface area contributed by atoms with E-state index in [1.807, 2.05) is 26.2 Å². The third kappa shape index (κ3) is 13.9. The maximum absolute atomic E-state index is 12.0. The van der Waals surface area contributed by atoms with Gasteiger partial charge in [0.15, 0.2) is 5.78 Å². The molecule has 2 aromatic heterocycles. The minimum atomic E-state index is -0.207. The number of carbonyl (C=O) groups is 1. The summed E-state index contributed by atoms with van der Waals surface area (Å²) in [7, 11) is 0. The van der Waals surface area contributed by atoms with Crippen LogP contribution >= 0.6 is 0 Å². The van der Waals surface area contributed by atoms with E-state index in [-0.39, 0.29) is 64.6 Å². The third-order valence-corrected chi connectivity index (χ3v) is 19.1. The maximum atomic E-state index is 12.0. The summed E-state index contributed by atoms with van der Waals surface area (Å²) in [6.07, 6.45) is 15.9. The van der Waals surface area contributed by atoms with Crippen LogP contribution in [0.25, 0.3) is 87.1 Å². The first-order valence-electron chi connectivity index (χ1n) is 33.1. The van der Waals surface area contributed by atoms with Crippen LogP contribution in [0.3, 0.4) is 0 Å². The van der Waals surface area contributed by atoms with E-state index in [0.29, 0.717) is 0 Å².